The van der Waals surface area contributed by atoms with E-state index >= 15 is 0 Å². The summed E-state index contributed by atoms with van der Waals surface area (Å²) in [7, 11) is 0. The van der Waals surface area contributed by atoms with Crippen molar-refractivity contribution in [2.45, 2.75) is 26.2 Å². The highest BCUT2D eigenvalue weighted by Gasteiger charge is 2.10. The van der Waals surface area contributed by atoms with Crippen LogP contribution >= 0.6 is 0 Å². The minimum Gasteiger partial charge on any atom is -0.381 e. The van der Waals surface area contributed by atoms with Crippen molar-refractivity contribution < 1.29 is 9.66 Å². The molecule has 0 atom stereocenters. The molecule has 5 heteroatoms. The number of ether oxygens (including phenoxy) is 1. The van der Waals surface area contributed by atoms with Gasteiger partial charge in [0, 0.05) is 25.8 Å². The first kappa shape index (κ1) is 14.4. The number of hydrogen-bond donors (Lipinski definition) is 1. The molecule has 0 amide bonds. The third-order valence-corrected chi connectivity index (χ3v) is 2.52. The van der Waals surface area contributed by atoms with Gasteiger partial charge in [-0.15, -0.1) is 0 Å². The molecule has 0 saturated carbocycles. The van der Waals surface area contributed by atoms with Crippen molar-refractivity contribution >= 4 is 11.4 Å². The molecule has 0 fully saturated rings. The lowest BCUT2D eigenvalue weighted by Gasteiger charge is -2.07. The normalized spacial score (nSPS) is 10.3. The van der Waals surface area contributed by atoms with E-state index in [1.165, 1.54) is 6.07 Å². The van der Waals surface area contributed by atoms with Gasteiger partial charge in [0.25, 0.3) is 5.69 Å². The fraction of sp³-hybridized carbons (Fsp3) is 0.538. The molecule has 1 N–H and O–H groups in total. The third kappa shape index (κ3) is 5.14. The summed E-state index contributed by atoms with van der Waals surface area (Å²) in [5, 5.41) is 13.8. The van der Waals surface area contributed by atoms with Crippen molar-refractivity contribution in [3.63, 3.8) is 0 Å². The molecule has 18 heavy (non-hydrogen) atoms. The zero-order chi connectivity index (χ0) is 13.2. The largest absolute Gasteiger partial charge is 0.381 e. The van der Waals surface area contributed by atoms with Crippen molar-refractivity contribution in [1.82, 2.24) is 0 Å². The molecule has 0 spiro atoms. The van der Waals surface area contributed by atoms with E-state index in [0.717, 1.165) is 25.9 Å². The topological polar surface area (TPSA) is 64.4 Å². The van der Waals surface area contributed by atoms with Gasteiger partial charge in [0.2, 0.25) is 0 Å². The Balaban J connectivity index is 2.25. The fourth-order valence-electron chi connectivity index (χ4n) is 1.53. The molecule has 0 aliphatic rings. The van der Waals surface area contributed by atoms with E-state index in [1.807, 2.05) is 0 Å². The second-order valence-corrected chi connectivity index (χ2v) is 4.02. The SMILES string of the molecule is CCCCOCCCNc1ccccc1[N+](=O)[O-]. The monoisotopic (exact) mass is 252 g/mol. The van der Waals surface area contributed by atoms with Crippen LogP contribution in [0.15, 0.2) is 24.3 Å². The van der Waals surface area contributed by atoms with Gasteiger partial charge in [-0.25, -0.2) is 0 Å². The standard InChI is InChI=1S/C13H20N2O3/c1-2-3-10-18-11-6-9-14-12-7-4-5-8-13(12)15(16)17/h4-5,7-8,14H,2-3,6,9-11H2,1H3. The van der Waals surface area contributed by atoms with E-state index in [1.54, 1.807) is 18.2 Å². The van der Waals surface area contributed by atoms with Crippen LogP contribution in [0.4, 0.5) is 11.4 Å². The van der Waals surface area contributed by atoms with Gasteiger partial charge >= 0.3 is 0 Å². The fourth-order valence-corrected chi connectivity index (χ4v) is 1.53. The van der Waals surface area contributed by atoms with E-state index in [9.17, 15) is 10.1 Å². The van der Waals surface area contributed by atoms with Crippen molar-refractivity contribution in [3.05, 3.63) is 34.4 Å². The van der Waals surface area contributed by atoms with E-state index < -0.39 is 0 Å². The number of rotatable bonds is 9. The van der Waals surface area contributed by atoms with Gasteiger partial charge in [0.15, 0.2) is 0 Å². The van der Waals surface area contributed by atoms with Gasteiger partial charge in [0.05, 0.1) is 4.92 Å². The second-order valence-electron chi connectivity index (χ2n) is 4.02. The maximum atomic E-state index is 10.8. The Morgan fingerprint density at radius 3 is 2.72 bits per heavy atom. The molecule has 0 bridgehead atoms. The van der Waals surface area contributed by atoms with Crippen molar-refractivity contribution in [3.8, 4) is 0 Å². The Hall–Kier alpha value is -1.62. The van der Waals surface area contributed by atoms with E-state index in [0.29, 0.717) is 18.8 Å². The molecule has 0 saturated heterocycles. The first-order valence-corrected chi connectivity index (χ1v) is 6.30. The van der Waals surface area contributed by atoms with Crippen LogP contribution in [-0.4, -0.2) is 24.7 Å². The van der Waals surface area contributed by atoms with Crippen LogP contribution in [0, 0.1) is 10.1 Å². The molecular formula is C13H20N2O3. The number of nitro groups is 1. The molecule has 0 aromatic heterocycles. The number of benzene rings is 1. The third-order valence-electron chi connectivity index (χ3n) is 2.52. The average molecular weight is 252 g/mol. The summed E-state index contributed by atoms with van der Waals surface area (Å²) in [5.74, 6) is 0. The highest BCUT2D eigenvalue weighted by molar-refractivity contribution is 5.60. The predicted molar refractivity (Wildman–Crippen MR) is 71.9 cm³/mol. The first-order valence-electron chi connectivity index (χ1n) is 6.30. The summed E-state index contributed by atoms with van der Waals surface area (Å²) in [5.41, 5.74) is 0.681. The number of nitro benzene ring substituents is 1. The minimum atomic E-state index is -0.375. The predicted octanol–water partition coefficient (Wildman–Crippen LogP) is 3.21. The number of anilines is 1. The zero-order valence-electron chi connectivity index (χ0n) is 10.7. The summed E-state index contributed by atoms with van der Waals surface area (Å²) in [6, 6.07) is 6.67. The van der Waals surface area contributed by atoms with Crippen LogP contribution in [0.2, 0.25) is 0 Å². The summed E-state index contributed by atoms with van der Waals surface area (Å²) in [6.07, 6.45) is 3.06. The summed E-state index contributed by atoms with van der Waals surface area (Å²) < 4.78 is 5.42. The molecule has 0 unspecified atom stereocenters. The molecule has 0 aliphatic carbocycles. The van der Waals surface area contributed by atoms with E-state index in [2.05, 4.69) is 12.2 Å². The maximum Gasteiger partial charge on any atom is 0.292 e. The van der Waals surface area contributed by atoms with Crippen LogP contribution in [-0.2, 0) is 4.74 Å². The lowest BCUT2D eigenvalue weighted by Crippen LogP contribution is -2.07. The lowest BCUT2D eigenvalue weighted by molar-refractivity contribution is -0.384. The summed E-state index contributed by atoms with van der Waals surface area (Å²) in [6.45, 7) is 4.28. The summed E-state index contributed by atoms with van der Waals surface area (Å²) in [4.78, 5) is 10.4. The number of nitrogens with zero attached hydrogens (tertiary/aromatic N) is 1. The average Bonchev–Trinajstić information content (AvgIpc) is 2.38. The van der Waals surface area contributed by atoms with Gasteiger partial charge in [-0.05, 0) is 18.9 Å². The molecule has 1 rings (SSSR count). The Morgan fingerprint density at radius 2 is 2.00 bits per heavy atom. The molecule has 100 valence electrons. The molecule has 1 aromatic carbocycles. The van der Waals surface area contributed by atoms with Crippen molar-refractivity contribution in [2.75, 3.05) is 25.1 Å². The molecule has 5 nitrogen and oxygen atoms in total. The first-order chi connectivity index (χ1) is 8.75. The Bertz CT molecular complexity index is 369. The highest BCUT2D eigenvalue weighted by atomic mass is 16.6. The number of unbranched alkanes of at least 4 members (excludes halogenated alkanes) is 1. The van der Waals surface area contributed by atoms with Gasteiger partial charge in [-0.3, -0.25) is 10.1 Å². The molecule has 0 radical (unpaired) electrons. The highest BCUT2D eigenvalue weighted by Crippen LogP contribution is 2.22. The Kier molecular flexibility index (Phi) is 6.79. The zero-order valence-corrected chi connectivity index (χ0v) is 10.7. The number of hydrogen-bond acceptors (Lipinski definition) is 4. The van der Waals surface area contributed by atoms with E-state index in [-0.39, 0.29) is 10.6 Å². The van der Waals surface area contributed by atoms with Gasteiger partial charge < -0.3 is 10.1 Å². The quantitative estimate of drug-likeness (QED) is 0.416. The van der Waals surface area contributed by atoms with Crippen LogP contribution in [0.1, 0.15) is 26.2 Å². The van der Waals surface area contributed by atoms with Gasteiger partial charge in [0.1, 0.15) is 5.69 Å². The van der Waals surface area contributed by atoms with E-state index in [4.69, 9.17) is 4.74 Å². The smallest absolute Gasteiger partial charge is 0.292 e. The Morgan fingerprint density at radius 1 is 1.28 bits per heavy atom. The summed E-state index contributed by atoms with van der Waals surface area (Å²) >= 11 is 0. The molecule has 1 aromatic rings. The van der Waals surface area contributed by atoms with Crippen molar-refractivity contribution in [2.24, 2.45) is 0 Å². The minimum absolute atomic E-state index is 0.115. The number of para-hydroxylation sites is 2. The second kappa shape index (κ2) is 8.47. The lowest BCUT2D eigenvalue weighted by atomic mass is 10.2. The van der Waals surface area contributed by atoms with Gasteiger partial charge in [-0.1, -0.05) is 25.5 Å². The number of nitrogens with one attached hydrogen (secondary N) is 1. The van der Waals surface area contributed by atoms with Crippen molar-refractivity contribution in [1.29, 1.82) is 0 Å². The van der Waals surface area contributed by atoms with Crippen LogP contribution in [0.5, 0.6) is 0 Å². The molecular weight excluding hydrogens is 232 g/mol. The maximum absolute atomic E-state index is 10.8. The van der Waals surface area contributed by atoms with Crippen LogP contribution in [0.25, 0.3) is 0 Å². The molecule has 0 aliphatic heterocycles. The Labute approximate surface area is 107 Å². The van der Waals surface area contributed by atoms with Crippen LogP contribution < -0.4 is 5.32 Å². The van der Waals surface area contributed by atoms with Gasteiger partial charge in [-0.2, -0.15) is 0 Å². The van der Waals surface area contributed by atoms with Crippen LogP contribution in [0.3, 0.4) is 0 Å². The molecule has 0 heterocycles.